The minimum atomic E-state index is -0.633. The maximum Gasteiger partial charge on any atom is 0.338 e. The highest BCUT2D eigenvalue weighted by atomic mass is 35.5. The van der Waals surface area contributed by atoms with Crippen molar-refractivity contribution >= 4 is 34.5 Å². The van der Waals surface area contributed by atoms with Gasteiger partial charge in [-0.2, -0.15) is 0 Å². The maximum atomic E-state index is 13.2. The third kappa shape index (κ3) is 3.31. The van der Waals surface area contributed by atoms with E-state index >= 15 is 0 Å². The Labute approximate surface area is 176 Å². The first-order valence-electron chi connectivity index (χ1n) is 9.68. The monoisotopic (exact) mass is 415 g/mol. The fourth-order valence-corrected chi connectivity index (χ4v) is 4.32. The molecular weight excluding hydrogens is 390 g/mol. The van der Waals surface area contributed by atoms with E-state index in [4.69, 9.17) is 16.3 Å². The van der Waals surface area contributed by atoms with Crippen molar-refractivity contribution in [3.63, 3.8) is 0 Å². The number of para-hydroxylation sites is 1. The second kappa shape index (κ2) is 8.33. The number of carbonyl (C=O) groups excluding carboxylic acids is 2. The molecule has 0 saturated carbocycles. The molecule has 1 aromatic carbocycles. The number of nitrogens with zero attached hydrogens (tertiary/aromatic N) is 3. The van der Waals surface area contributed by atoms with Crippen molar-refractivity contribution in [1.82, 2.24) is 14.4 Å². The molecule has 3 rings (SSSR count). The van der Waals surface area contributed by atoms with E-state index in [1.165, 1.54) is 6.08 Å². The van der Waals surface area contributed by atoms with Gasteiger partial charge in [-0.05, 0) is 26.8 Å². The first-order valence-corrected chi connectivity index (χ1v) is 10.1. The first kappa shape index (κ1) is 21.0. The Bertz CT molecular complexity index is 1010. The molecule has 0 fully saturated rings. The molecule has 2 heterocycles. The fraction of sp³-hybridized carbons (Fsp3) is 0.364. The van der Waals surface area contributed by atoms with Crippen LogP contribution in [0.4, 0.5) is 4.79 Å². The fourth-order valence-electron chi connectivity index (χ4n) is 4.02. The number of hydrogen-bond donors (Lipinski definition) is 0. The molecule has 29 heavy (non-hydrogen) atoms. The molecule has 1 atom stereocenters. The zero-order valence-electron chi connectivity index (χ0n) is 17.2. The lowest BCUT2D eigenvalue weighted by atomic mass is 9.92. The summed E-state index contributed by atoms with van der Waals surface area (Å²) in [6.07, 6.45) is 1.52. The number of hydrogen-bond acceptors (Lipinski definition) is 3. The molecule has 0 aliphatic carbocycles. The van der Waals surface area contributed by atoms with Crippen LogP contribution in [-0.2, 0) is 16.6 Å². The van der Waals surface area contributed by atoms with Crippen molar-refractivity contribution < 1.29 is 14.3 Å². The highest BCUT2D eigenvalue weighted by Gasteiger charge is 2.43. The summed E-state index contributed by atoms with van der Waals surface area (Å²) in [7, 11) is 1.87. The predicted molar refractivity (Wildman–Crippen MR) is 115 cm³/mol. The van der Waals surface area contributed by atoms with Crippen LogP contribution >= 0.6 is 11.6 Å². The molecule has 0 bridgehead atoms. The van der Waals surface area contributed by atoms with Gasteiger partial charge in [-0.3, -0.25) is 4.90 Å². The third-order valence-corrected chi connectivity index (χ3v) is 5.87. The lowest BCUT2D eigenvalue weighted by molar-refractivity contribution is -0.138. The summed E-state index contributed by atoms with van der Waals surface area (Å²) in [6.45, 7) is 10.1. The van der Waals surface area contributed by atoms with Crippen molar-refractivity contribution in [2.45, 2.75) is 26.8 Å². The second-order valence-corrected chi connectivity index (χ2v) is 7.24. The molecule has 0 N–H and O–H groups in total. The summed E-state index contributed by atoms with van der Waals surface area (Å²) in [6, 6.07) is 7.01. The number of amides is 2. The van der Waals surface area contributed by atoms with Gasteiger partial charge in [0.15, 0.2) is 0 Å². The van der Waals surface area contributed by atoms with E-state index in [1.807, 2.05) is 49.7 Å². The maximum absolute atomic E-state index is 13.2. The standard InChI is InChI=1S/C22H26ClN3O3/c1-6-13-29-21(27)17-14(4)25(7-2)22(28)26(8-3)19(17)18-15-11-9-10-12-16(15)24(5)20(18)23/h6,9-12,19H,1,7-8,13H2,2-5H3. The second-order valence-electron chi connectivity index (χ2n) is 6.88. The van der Waals surface area contributed by atoms with Crippen molar-refractivity contribution in [1.29, 1.82) is 0 Å². The Hall–Kier alpha value is -2.73. The van der Waals surface area contributed by atoms with Crippen molar-refractivity contribution in [3.8, 4) is 0 Å². The van der Waals surface area contributed by atoms with E-state index in [1.54, 1.807) is 16.7 Å². The van der Waals surface area contributed by atoms with Gasteiger partial charge >= 0.3 is 12.0 Å². The zero-order chi connectivity index (χ0) is 21.3. The number of ether oxygens (including phenoxy) is 1. The molecule has 6 nitrogen and oxygen atoms in total. The number of allylic oxidation sites excluding steroid dienone is 1. The molecular formula is C22H26ClN3O3. The third-order valence-electron chi connectivity index (χ3n) is 5.41. The molecule has 2 aromatic rings. The molecule has 2 amide bonds. The Morgan fingerprint density at radius 1 is 1.28 bits per heavy atom. The zero-order valence-corrected chi connectivity index (χ0v) is 18.0. The topological polar surface area (TPSA) is 54.8 Å². The Balaban J connectivity index is 2.32. The van der Waals surface area contributed by atoms with Gasteiger partial charge in [0.1, 0.15) is 11.8 Å². The summed E-state index contributed by atoms with van der Waals surface area (Å²) in [5.41, 5.74) is 2.68. The lowest BCUT2D eigenvalue weighted by Gasteiger charge is -2.42. The van der Waals surface area contributed by atoms with Crippen LogP contribution in [0.3, 0.4) is 0 Å². The minimum absolute atomic E-state index is 0.0950. The van der Waals surface area contributed by atoms with Crippen LogP contribution in [-0.4, -0.2) is 46.1 Å². The number of carbonyl (C=O) groups is 2. The quantitative estimate of drug-likeness (QED) is 0.509. The number of benzene rings is 1. The molecule has 0 spiro atoms. The molecule has 1 aromatic heterocycles. The van der Waals surface area contributed by atoms with Crippen molar-refractivity contribution in [2.75, 3.05) is 19.7 Å². The van der Waals surface area contributed by atoms with Gasteiger partial charge in [0.2, 0.25) is 0 Å². The lowest BCUT2D eigenvalue weighted by Crippen LogP contribution is -2.50. The number of likely N-dealkylation sites (N-methyl/N-ethyl adjacent to an activating group) is 1. The van der Waals surface area contributed by atoms with E-state index < -0.39 is 12.0 Å². The van der Waals surface area contributed by atoms with Crippen LogP contribution in [0.25, 0.3) is 10.9 Å². The minimum Gasteiger partial charge on any atom is -0.458 e. The van der Waals surface area contributed by atoms with Gasteiger partial charge in [0.05, 0.1) is 11.6 Å². The van der Waals surface area contributed by atoms with Crippen LogP contribution in [0.15, 0.2) is 48.2 Å². The molecule has 1 unspecified atom stereocenters. The number of aryl methyl sites for hydroxylation is 1. The van der Waals surface area contributed by atoms with Gasteiger partial charge in [0.25, 0.3) is 0 Å². The summed E-state index contributed by atoms with van der Waals surface area (Å²) in [5.74, 6) is -0.471. The molecule has 0 saturated heterocycles. The van der Waals surface area contributed by atoms with Crippen LogP contribution in [0.2, 0.25) is 5.15 Å². The van der Waals surface area contributed by atoms with Crippen molar-refractivity contribution in [3.05, 3.63) is 58.9 Å². The SMILES string of the molecule is C=CCOC(=O)C1=C(C)N(CC)C(=O)N(CC)C1c1c(Cl)n(C)c2ccccc12. The molecule has 1 aliphatic rings. The van der Waals surface area contributed by atoms with Crippen LogP contribution < -0.4 is 0 Å². The average molecular weight is 416 g/mol. The smallest absolute Gasteiger partial charge is 0.338 e. The van der Waals surface area contributed by atoms with Crippen molar-refractivity contribution in [2.24, 2.45) is 7.05 Å². The van der Waals surface area contributed by atoms with E-state index in [2.05, 4.69) is 6.58 Å². The van der Waals surface area contributed by atoms with Gasteiger partial charge in [-0.15, -0.1) is 0 Å². The predicted octanol–water partition coefficient (Wildman–Crippen LogP) is 4.65. The number of urea groups is 1. The highest BCUT2D eigenvalue weighted by Crippen LogP contribution is 2.44. The van der Waals surface area contributed by atoms with E-state index in [0.717, 1.165) is 16.5 Å². The number of rotatable bonds is 6. The van der Waals surface area contributed by atoms with Gasteiger partial charge < -0.3 is 14.2 Å². The summed E-state index contributed by atoms with van der Waals surface area (Å²) < 4.78 is 7.28. The Kier molecular flexibility index (Phi) is 6.03. The van der Waals surface area contributed by atoms with E-state index in [0.29, 0.717) is 29.5 Å². The summed E-state index contributed by atoms with van der Waals surface area (Å²) in [4.78, 5) is 29.6. The van der Waals surface area contributed by atoms with E-state index in [-0.39, 0.29) is 12.6 Å². The Morgan fingerprint density at radius 2 is 1.97 bits per heavy atom. The van der Waals surface area contributed by atoms with Gasteiger partial charge in [-0.25, -0.2) is 9.59 Å². The largest absolute Gasteiger partial charge is 0.458 e. The number of aromatic nitrogens is 1. The Morgan fingerprint density at radius 3 is 2.59 bits per heavy atom. The van der Waals surface area contributed by atoms with Gasteiger partial charge in [-0.1, -0.05) is 42.5 Å². The molecule has 154 valence electrons. The summed E-state index contributed by atoms with van der Waals surface area (Å²) in [5, 5.41) is 1.40. The van der Waals surface area contributed by atoms with E-state index in [9.17, 15) is 9.59 Å². The molecule has 1 aliphatic heterocycles. The molecule has 0 radical (unpaired) electrons. The number of fused-ring (bicyclic) bond motifs is 1. The van der Waals surface area contributed by atoms with Gasteiger partial charge in [0, 0.05) is 42.3 Å². The summed E-state index contributed by atoms with van der Waals surface area (Å²) >= 11 is 6.75. The highest BCUT2D eigenvalue weighted by molar-refractivity contribution is 6.32. The normalized spacial score (nSPS) is 17.3. The van der Waals surface area contributed by atoms with Crippen LogP contribution in [0.5, 0.6) is 0 Å². The number of halogens is 1. The van der Waals surface area contributed by atoms with Crippen LogP contribution in [0.1, 0.15) is 32.4 Å². The molecule has 7 heteroatoms. The average Bonchev–Trinajstić information content (AvgIpc) is 2.96. The first-order chi connectivity index (χ1) is 13.9. The number of esters is 1. The van der Waals surface area contributed by atoms with Crippen LogP contribution in [0, 0.1) is 0 Å².